The van der Waals surface area contributed by atoms with Crippen LogP contribution in [0.3, 0.4) is 0 Å². The van der Waals surface area contributed by atoms with Crippen LogP contribution in [-0.4, -0.2) is 21.7 Å². The van der Waals surface area contributed by atoms with Crippen molar-refractivity contribution in [3.63, 3.8) is 0 Å². The normalized spacial score (nSPS) is 11.7. The van der Waals surface area contributed by atoms with Gasteiger partial charge < -0.3 is 10.3 Å². The lowest BCUT2D eigenvalue weighted by atomic mass is 10.0. The summed E-state index contributed by atoms with van der Waals surface area (Å²) >= 11 is 0. The van der Waals surface area contributed by atoms with E-state index in [9.17, 15) is 14.4 Å². The maximum absolute atomic E-state index is 12.9. The predicted molar refractivity (Wildman–Crippen MR) is 118 cm³/mol. The Labute approximate surface area is 177 Å². The van der Waals surface area contributed by atoms with Crippen LogP contribution in [0.25, 0.3) is 22.5 Å². The fourth-order valence-corrected chi connectivity index (χ4v) is 3.83. The highest BCUT2D eigenvalue weighted by molar-refractivity contribution is 6.22. The monoisotopic (exact) mass is 407 g/mol. The third kappa shape index (κ3) is 3.34. The lowest BCUT2D eigenvalue weighted by Crippen LogP contribution is -2.13. The van der Waals surface area contributed by atoms with Crippen molar-refractivity contribution in [2.24, 2.45) is 0 Å². The molecule has 0 atom stereocenters. The SMILES string of the molecule is Cc1cc(=O)[nH]c(-c2cccc(NC(=O)c3ccc4c(c3)C(=O)c3ccccc3-4)c2)n1. The highest BCUT2D eigenvalue weighted by atomic mass is 16.2. The lowest BCUT2D eigenvalue weighted by molar-refractivity contribution is 0.102. The molecule has 31 heavy (non-hydrogen) atoms. The van der Waals surface area contributed by atoms with E-state index in [1.165, 1.54) is 6.07 Å². The summed E-state index contributed by atoms with van der Waals surface area (Å²) in [4.78, 5) is 44.4. The van der Waals surface area contributed by atoms with Gasteiger partial charge in [0.25, 0.3) is 11.5 Å². The molecule has 1 amide bonds. The van der Waals surface area contributed by atoms with E-state index in [0.717, 1.165) is 11.1 Å². The summed E-state index contributed by atoms with van der Waals surface area (Å²) in [5.74, 6) is 0.0353. The van der Waals surface area contributed by atoms with Crippen molar-refractivity contribution < 1.29 is 9.59 Å². The molecule has 4 aromatic rings. The summed E-state index contributed by atoms with van der Waals surface area (Å²) < 4.78 is 0. The Morgan fingerprint density at radius 3 is 2.42 bits per heavy atom. The molecule has 0 unspecified atom stereocenters. The molecule has 5 rings (SSSR count). The van der Waals surface area contributed by atoms with Crippen LogP contribution in [0.1, 0.15) is 32.0 Å². The molecule has 1 heterocycles. The Balaban J connectivity index is 1.43. The molecule has 3 aromatic carbocycles. The standard InChI is InChI=1S/C25H17N3O3/c1-14-11-22(29)28-24(26-14)15-5-4-6-17(12-15)27-25(31)16-9-10-19-18-7-2-3-8-20(18)23(30)21(19)13-16/h2-13H,1H3,(H,27,31)(H,26,28,29). The number of H-pyrrole nitrogens is 1. The first kappa shape index (κ1) is 18.7. The fourth-order valence-electron chi connectivity index (χ4n) is 3.83. The van der Waals surface area contributed by atoms with Gasteiger partial charge in [-0.25, -0.2) is 4.98 Å². The molecule has 1 aliphatic rings. The van der Waals surface area contributed by atoms with Crippen molar-refractivity contribution in [1.29, 1.82) is 0 Å². The Morgan fingerprint density at radius 2 is 1.61 bits per heavy atom. The van der Waals surface area contributed by atoms with Gasteiger partial charge in [-0.05, 0) is 42.3 Å². The van der Waals surface area contributed by atoms with Crippen molar-refractivity contribution in [3.8, 4) is 22.5 Å². The molecule has 0 radical (unpaired) electrons. The average molecular weight is 407 g/mol. The largest absolute Gasteiger partial charge is 0.322 e. The number of amides is 1. The summed E-state index contributed by atoms with van der Waals surface area (Å²) in [6.45, 7) is 1.75. The van der Waals surface area contributed by atoms with E-state index in [-0.39, 0.29) is 17.2 Å². The van der Waals surface area contributed by atoms with Crippen LogP contribution in [0.4, 0.5) is 5.69 Å². The van der Waals surface area contributed by atoms with Crippen LogP contribution in [0, 0.1) is 6.92 Å². The van der Waals surface area contributed by atoms with Crippen LogP contribution in [-0.2, 0) is 0 Å². The molecule has 0 aliphatic heterocycles. The summed E-state index contributed by atoms with van der Waals surface area (Å²) in [5.41, 5.74) is 4.92. The molecule has 6 nitrogen and oxygen atoms in total. The number of anilines is 1. The Morgan fingerprint density at radius 1 is 0.839 bits per heavy atom. The molecule has 0 spiro atoms. The van der Waals surface area contributed by atoms with Crippen LogP contribution < -0.4 is 10.9 Å². The first-order valence-electron chi connectivity index (χ1n) is 9.77. The number of carbonyl (C=O) groups is 2. The third-order valence-corrected chi connectivity index (χ3v) is 5.25. The van der Waals surface area contributed by atoms with E-state index in [1.54, 1.807) is 49.4 Å². The zero-order valence-corrected chi connectivity index (χ0v) is 16.6. The second kappa shape index (κ2) is 7.18. The number of aromatic nitrogens is 2. The zero-order chi connectivity index (χ0) is 21.5. The number of hydrogen-bond donors (Lipinski definition) is 2. The highest BCUT2D eigenvalue weighted by Crippen LogP contribution is 2.36. The average Bonchev–Trinajstić information content (AvgIpc) is 3.05. The van der Waals surface area contributed by atoms with Gasteiger partial charge in [-0.3, -0.25) is 14.4 Å². The molecular formula is C25H17N3O3. The van der Waals surface area contributed by atoms with Crippen molar-refractivity contribution in [2.45, 2.75) is 6.92 Å². The van der Waals surface area contributed by atoms with Crippen LogP contribution in [0.2, 0.25) is 0 Å². The summed E-state index contributed by atoms with van der Waals surface area (Å²) in [6, 6.07) is 21.1. The van der Waals surface area contributed by atoms with Gasteiger partial charge in [0.15, 0.2) is 5.78 Å². The molecule has 0 fully saturated rings. The quantitative estimate of drug-likeness (QED) is 0.469. The van der Waals surface area contributed by atoms with Gasteiger partial charge in [0.1, 0.15) is 5.82 Å². The van der Waals surface area contributed by atoms with Crippen LogP contribution in [0.5, 0.6) is 0 Å². The van der Waals surface area contributed by atoms with Gasteiger partial charge in [-0.15, -0.1) is 0 Å². The molecule has 150 valence electrons. The molecule has 0 saturated carbocycles. The molecule has 2 N–H and O–H groups in total. The number of nitrogens with one attached hydrogen (secondary N) is 2. The predicted octanol–water partition coefficient (Wildman–Crippen LogP) is 4.21. The topological polar surface area (TPSA) is 91.9 Å². The third-order valence-electron chi connectivity index (χ3n) is 5.25. The smallest absolute Gasteiger partial charge is 0.255 e. The second-order valence-electron chi connectivity index (χ2n) is 7.41. The van der Waals surface area contributed by atoms with E-state index < -0.39 is 0 Å². The summed E-state index contributed by atoms with van der Waals surface area (Å²) in [7, 11) is 0. The molecule has 6 heteroatoms. The lowest BCUT2D eigenvalue weighted by Gasteiger charge is -2.09. The Hall–Kier alpha value is -4.32. The number of fused-ring (bicyclic) bond motifs is 3. The molecule has 1 aromatic heterocycles. The summed E-state index contributed by atoms with van der Waals surface area (Å²) in [6.07, 6.45) is 0. The number of aromatic amines is 1. The minimum absolute atomic E-state index is 0.0725. The van der Waals surface area contributed by atoms with Crippen molar-refractivity contribution in [1.82, 2.24) is 9.97 Å². The molecular weight excluding hydrogens is 390 g/mol. The van der Waals surface area contributed by atoms with E-state index in [2.05, 4.69) is 15.3 Å². The molecule has 0 bridgehead atoms. The second-order valence-corrected chi connectivity index (χ2v) is 7.41. The highest BCUT2D eigenvalue weighted by Gasteiger charge is 2.27. The maximum atomic E-state index is 12.9. The number of benzene rings is 3. The summed E-state index contributed by atoms with van der Waals surface area (Å²) in [5, 5.41) is 2.85. The number of hydrogen-bond acceptors (Lipinski definition) is 4. The molecule has 1 aliphatic carbocycles. The van der Waals surface area contributed by atoms with Crippen molar-refractivity contribution in [3.05, 3.63) is 106 Å². The molecule has 0 saturated heterocycles. The maximum Gasteiger partial charge on any atom is 0.255 e. The Bertz CT molecular complexity index is 1440. The number of aryl methyl sites for hydroxylation is 1. The first-order valence-corrected chi connectivity index (χ1v) is 9.77. The van der Waals surface area contributed by atoms with E-state index in [1.807, 2.05) is 24.3 Å². The van der Waals surface area contributed by atoms with Gasteiger partial charge in [-0.1, -0.05) is 42.5 Å². The Kier molecular flexibility index (Phi) is 4.33. The van der Waals surface area contributed by atoms with Gasteiger partial charge in [0, 0.05) is 39.7 Å². The van der Waals surface area contributed by atoms with E-state index >= 15 is 0 Å². The van der Waals surface area contributed by atoms with Gasteiger partial charge in [-0.2, -0.15) is 0 Å². The number of nitrogens with zero attached hydrogens (tertiary/aromatic N) is 1. The minimum Gasteiger partial charge on any atom is -0.322 e. The fraction of sp³-hybridized carbons (Fsp3) is 0.0400. The van der Waals surface area contributed by atoms with Crippen molar-refractivity contribution in [2.75, 3.05) is 5.32 Å². The van der Waals surface area contributed by atoms with Gasteiger partial charge in [0.2, 0.25) is 0 Å². The number of ketones is 1. The van der Waals surface area contributed by atoms with Crippen molar-refractivity contribution >= 4 is 17.4 Å². The van der Waals surface area contributed by atoms with Crippen LogP contribution in [0.15, 0.2) is 77.6 Å². The zero-order valence-electron chi connectivity index (χ0n) is 16.6. The minimum atomic E-state index is -0.325. The van der Waals surface area contributed by atoms with Gasteiger partial charge >= 0.3 is 0 Å². The van der Waals surface area contributed by atoms with E-state index in [4.69, 9.17) is 0 Å². The van der Waals surface area contributed by atoms with E-state index in [0.29, 0.717) is 39.5 Å². The van der Waals surface area contributed by atoms with Crippen LogP contribution >= 0.6 is 0 Å². The number of carbonyl (C=O) groups excluding carboxylic acids is 2. The first-order chi connectivity index (χ1) is 15.0. The number of rotatable bonds is 3. The van der Waals surface area contributed by atoms with Gasteiger partial charge in [0.05, 0.1) is 0 Å².